The van der Waals surface area contributed by atoms with Crippen molar-refractivity contribution in [3.8, 4) is 0 Å². The second kappa shape index (κ2) is 7.39. The van der Waals surface area contributed by atoms with Crippen molar-refractivity contribution in [1.29, 1.82) is 0 Å². The highest BCUT2D eigenvalue weighted by atomic mass is 28.4. The molecule has 0 saturated carbocycles. The van der Waals surface area contributed by atoms with Crippen LogP contribution in [0.5, 0.6) is 0 Å². The molecule has 0 spiro atoms. The zero-order chi connectivity index (χ0) is 12.7. The Labute approximate surface area is 102 Å². The molecule has 0 atom stereocenters. The van der Waals surface area contributed by atoms with Crippen molar-refractivity contribution in [2.24, 2.45) is 0 Å². The van der Waals surface area contributed by atoms with Crippen molar-refractivity contribution in [2.75, 3.05) is 19.8 Å². The van der Waals surface area contributed by atoms with Crippen LogP contribution < -0.4 is 0 Å². The third-order valence-corrected chi connectivity index (χ3v) is 5.97. The van der Waals surface area contributed by atoms with Gasteiger partial charge in [0.25, 0.3) is 0 Å². The summed E-state index contributed by atoms with van der Waals surface area (Å²) in [6.07, 6.45) is 0. The first-order chi connectivity index (χ1) is 7.39. The quantitative estimate of drug-likeness (QED) is 0.629. The van der Waals surface area contributed by atoms with Gasteiger partial charge >= 0.3 is 8.80 Å². The van der Waals surface area contributed by atoms with Crippen molar-refractivity contribution in [2.45, 2.75) is 40.4 Å². The molecule has 16 heavy (non-hydrogen) atoms. The second-order valence-corrected chi connectivity index (χ2v) is 12.1. The fraction of sp³-hybridized carbons (Fsp3) is 0.818. The first kappa shape index (κ1) is 16.1. The molecule has 3 nitrogen and oxygen atoms in total. The van der Waals surface area contributed by atoms with Crippen LogP contribution in [-0.2, 0) is 13.3 Å². The molecule has 0 aromatic heterocycles. The van der Waals surface area contributed by atoms with Crippen molar-refractivity contribution in [3.63, 3.8) is 0 Å². The van der Waals surface area contributed by atoms with E-state index in [0.29, 0.717) is 19.8 Å². The van der Waals surface area contributed by atoms with Gasteiger partial charge in [-0.15, -0.1) is 0 Å². The van der Waals surface area contributed by atoms with Crippen LogP contribution in [-0.4, -0.2) is 36.7 Å². The van der Waals surface area contributed by atoms with E-state index in [4.69, 9.17) is 13.3 Å². The molecule has 0 radical (unpaired) electrons. The fourth-order valence-electron chi connectivity index (χ4n) is 1.22. The smallest absolute Gasteiger partial charge is 0.371 e. The second-order valence-electron chi connectivity index (χ2n) is 4.60. The van der Waals surface area contributed by atoms with Crippen molar-refractivity contribution >= 4 is 16.9 Å². The minimum absolute atomic E-state index is 0.627. The van der Waals surface area contributed by atoms with Gasteiger partial charge in [0.1, 0.15) is 0 Å². The molecule has 0 aromatic rings. The summed E-state index contributed by atoms with van der Waals surface area (Å²) in [6.45, 7) is 14.7. The van der Waals surface area contributed by atoms with Crippen LogP contribution >= 0.6 is 0 Å². The lowest BCUT2D eigenvalue weighted by Crippen LogP contribution is -2.45. The molecular weight excluding hydrogens is 236 g/mol. The maximum absolute atomic E-state index is 5.74. The van der Waals surface area contributed by atoms with E-state index in [-0.39, 0.29) is 0 Å². The summed E-state index contributed by atoms with van der Waals surface area (Å²) in [4.78, 5) is 0. The highest BCUT2D eigenvalue weighted by molar-refractivity contribution is 6.82. The predicted octanol–water partition coefficient (Wildman–Crippen LogP) is 3.01. The lowest BCUT2D eigenvalue weighted by molar-refractivity contribution is 0.0843. The Hall–Kier alpha value is 0.0538. The van der Waals surface area contributed by atoms with Crippen LogP contribution in [0.4, 0.5) is 0 Å². The van der Waals surface area contributed by atoms with Crippen LogP contribution in [0, 0.1) is 0 Å². The van der Waals surface area contributed by atoms with Gasteiger partial charge in [-0.1, -0.05) is 25.3 Å². The molecule has 0 bridgehead atoms. The van der Waals surface area contributed by atoms with E-state index in [9.17, 15) is 0 Å². The maximum atomic E-state index is 5.74. The molecule has 0 heterocycles. The third kappa shape index (κ3) is 6.60. The van der Waals surface area contributed by atoms with Gasteiger partial charge in [0, 0.05) is 19.8 Å². The molecular formula is C11H26O3Si2. The van der Waals surface area contributed by atoms with Gasteiger partial charge in [0.2, 0.25) is 0 Å². The Morgan fingerprint density at radius 1 is 0.750 bits per heavy atom. The summed E-state index contributed by atoms with van der Waals surface area (Å²) in [6, 6.07) is 0. The number of rotatable bonds is 8. The molecule has 0 aliphatic carbocycles. The van der Waals surface area contributed by atoms with Gasteiger partial charge < -0.3 is 13.3 Å². The summed E-state index contributed by atoms with van der Waals surface area (Å²) >= 11 is 0. The third-order valence-electron chi connectivity index (χ3n) is 1.82. The lowest BCUT2D eigenvalue weighted by Gasteiger charge is -2.26. The van der Waals surface area contributed by atoms with Crippen molar-refractivity contribution in [3.05, 3.63) is 11.4 Å². The van der Waals surface area contributed by atoms with Crippen LogP contribution in [0.1, 0.15) is 20.8 Å². The molecule has 0 aromatic carbocycles. The van der Waals surface area contributed by atoms with E-state index < -0.39 is 16.9 Å². The molecule has 0 unspecified atom stereocenters. The van der Waals surface area contributed by atoms with Gasteiger partial charge in [-0.2, -0.15) is 0 Å². The standard InChI is InChI=1S/C11H26O3Si2/c1-7-12-16(13-8-2,14-9-3)11-10-15(4,5)6/h10-11H,7-9H2,1-6H3. The SMILES string of the molecule is CCO[Si](C=C[Si](C)(C)C)(OCC)OCC. The fourth-order valence-corrected chi connectivity index (χ4v) is 5.79. The summed E-state index contributed by atoms with van der Waals surface area (Å²) in [5, 5.41) is 0. The minimum atomic E-state index is -2.55. The first-order valence-corrected chi connectivity index (χ1v) is 11.4. The van der Waals surface area contributed by atoms with Crippen LogP contribution in [0.3, 0.4) is 0 Å². The van der Waals surface area contributed by atoms with E-state index in [1.54, 1.807) is 0 Å². The molecule has 0 amide bonds. The zero-order valence-corrected chi connectivity index (χ0v) is 13.5. The van der Waals surface area contributed by atoms with E-state index in [1.165, 1.54) is 0 Å². The van der Waals surface area contributed by atoms with Gasteiger partial charge in [0.05, 0.1) is 8.07 Å². The van der Waals surface area contributed by atoms with Gasteiger partial charge in [-0.05, 0) is 26.5 Å². The molecule has 5 heteroatoms. The Balaban J connectivity index is 4.78. The van der Waals surface area contributed by atoms with E-state index in [1.807, 2.05) is 20.8 Å². The van der Waals surface area contributed by atoms with E-state index >= 15 is 0 Å². The molecule has 96 valence electrons. The maximum Gasteiger partial charge on any atom is 0.528 e. The molecule has 0 aliphatic rings. The molecule has 0 rings (SSSR count). The normalized spacial score (nSPS) is 13.6. The van der Waals surface area contributed by atoms with Crippen LogP contribution in [0.2, 0.25) is 19.6 Å². The Morgan fingerprint density at radius 3 is 1.38 bits per heavy atom. The highest BCUT2D eigenvalue weighted by Gasteiger charge is 2.37. The summed E-state index contributed by atoms with van der Waals surface area (Å²) in [5.41, 5.74) is 4.32. The average molecular weight is 262 g/mol. The van der Waals surface area contributed by atoms with Gasteiger partial charge in [-0.3, -0.25) is 0 Å². The average Bonchev–Trinajstić information content (AvgIpc) is 2.15. The minimum Gasteiger partial charge on any atom is -0.371 e. The first-order valence-electron chi connectivity index (χ1n) is 6.01. The largest absolute Gasteiger partial charge is 0.528 e. The van der Waals surface area contributed by atoms with E-state index in [0.717, 1.165) is 0 Å². The van der Waals surface area contributed by atoms with Gasteiger partial charge in [0.15, 0.2) is 0 Å². The Kier molecular flexibility index (Phi) is 7.42. The number of hydrogen-bond acceptors (Lipinski definition) is 3. The van der Waals surface area contributed by atoms with Crippen molar-refractivity contribution in [1.82, 2.24) is 0 Å². The van der Waals surface area contributed by atoms with Crippen molar-refractivity contribution < 1.29 is 13.3 Å². The predicted molar refractivity (Wildman–Crippen MR) is 73.1 cm³/mol. The molecule has 0 fully saturated rings. The topological polar surface area (TPSA) is 27.7 Å². The van der Waals surface area contributed by atoms with E-state index in [2.05, 4.69) is 31.0 Å². The van der Waals surface area contributed by atoms with Crippen LogP contribution in [0.15, 0.2) is 11.4 Å². The monoisotopic (exact) mass is 262 g/mol. The Bertz CT molecular complexity index is 195. The summed E-state index contributed by atoms with van der Waals surface area (Å²) in [5.74, 6) is 0. The Morgan fingerprint density at radius 2 is 1.12 bits per heavy atom. The number of hydrogen-bond donors (Lipinski definition) is 0. The summed E-state index contributed by atoms with van der Waals surface area (Å²) < 4.78 is 17.2. The summed E-state index contributed by atoms with van der Waals surface area (Å²) in [7, 11) is -3.79. The zero-order valence-electron chi connectivity index (χ0n) is 11.5. The highest BCUT2D eigenvalue weighted by Crippen LogP contribution is 2.14. The molecule has 0 aliphatic heterocycles. The molecule has 0 N–H and O–H groups in total. The molecule has 0 saturated heterocycles. The van der Waals surface area contributed by atoms with Crippen LogP contribution in [0.25, 0.3) is 0 Å². The lowest BCUT2D eigenvalue weighted by atomic mass is 10.9. The van der Waals surface area contributed by atoms with Gasteiger partial charge in [-0.25, -0.2) is 0 Å².